The first-order valence-corrected chi connectivity index (χ1v) is 6.27. The maximum absolute atomic E-state index is 10.2. The summed E-state index contributed by atoms with van der Waals surface area (Å²) in [6, 6.07) is 9.00. The van der Waals surface area contributed by atoms with Crippen LogP contribution in [0.2, 0.25) is 5.02 Å². The number of aryl methyl sites for hydroxylation is 2. The van der Waals surface area contributed by atoms with E-state index in [-0.39, 0.29) is 0 Å². The third-order valence-electron chi connectivity index (χ3n) is 3.05. The average Bonchev–Trinajstić information content (AvgIpc) is 2.65. The van der Waals surface area contributed by atoms with Crippen LogP contribution < -0.4 is 0 Å². The number of hydrogen-bond acceptors (Lipinski definition) is 3. The van der Waals surface area contributed by atoms with Gasteiger partial charge in [-0.1, -0.05) is 23.7 Å². The van der Waals surface area contributed by atoms with Crippen molar-refractivity contribution in [1.29, 1.82) is 5.26 Å². The normalized spacial score (nSPS) is 12.2. The molecule has 0 aliphatic carbocycles. The lowest BCUT2D eigenvalue weighted by molar-refractivity contribution is 0.176. The van der Waals surface area contributed by atoms with Crippen LogP contribution in [0.4, 0.5) is 0 Å². The van der Waals surface area contributed by atoms with Crippen LogP contribution in [0.1, 0.15) is 28.6 Å². The maximum Gasteiger partial charge on any atom is 0.0991 e. The van der Waals surface area contributed by atoms with E-state index >= 15 is 0 Å². The summed E-state index contributed by atoms with van der Waals surface area (Å²) in [4.78, 5) is 0. The molecule has 0 saturated carbocycles. The molecule has 0 radical (unpaired) electrons. The highest BCUT2D eigenvalue weighted by Crippen LogP contribution is 2.25. The van der Waals surface area contributed by atoms with Crippen molar-refractivity contribution in [1.82, 2.24) is 9.78 Å². The van der Waals surface area contributed by atoms with Crippen LogP contribution in [0.25, 0.3) is 0 Å². The number of aliphatic hydroxyl groups excluding tert-OH is 1. The zero-order chi connectivity index (χ0) is 14.0. The van der Waals surface area contributed by atoms with Gasteiger partial charge in [0.15, 0.2) is 0 Å². The van der Waals surface area contributed by atoms with Crippen molar-refractivity contribution in [2.75, 3.05) is 0 Å². The molecular weight excluding hydrogens is 262 g/mol. The minimum absolute atomic E-state index is 0.366. The van der Waals surface area contributed by atoms with Crippen LogP contribution in [-0.2, 0) is 13.5 Å². The van der Waals surface area contributed by atoms with Crippen molar-refractivity contribution in [3.05, 3.63) is 51.8 Å². The lowest BCUT2D eigenvalue weighted by Gasteiger charge is -2.11. The van der Waals surface area contributed by atoms with Crippen LogP contribution in [0.15, 0.2) is 24.3 Å². The Morgan fingerprint density at radius 3 is 2.84 bits per heavy atom. The van der Waals surface area contributed by atoms with Gasteiger partial charge in [0.05, 0.1) is 34.1 Å². The highest BCUT2D eigenvalue weighted by atomic mass is 35.5. The molecule has 0 saturated heterocycles. The standard InChI is InChI=1S/C14H14ClN3O/c1-9-14(15)12(18(2)17-9)7-13(19)11-5-3-4-10(6-11)8-16/h3-6,13,19H,7H2,1-2H3. The van der Waals surface area contributed by atoms with Crippen molar-refractivity contribution in [3.63, 3.8) is 0 Å². The molecule has 1 heterocycles. The summed E-state index contributed by atoms with van der Waals surface area (Å²) in [6.07, 6.45) is -0.342. The summed E-state index contributed by atoms with van der Waals surface area (Å²) in [5, 5.41) is 23.9. The average molecular weight is 276 g/mol. The van der Waals surface area contributed by atoms with E-state index in [9.17, 15) is 5.11 Å². The van der Waals surface area contributed by atoms with Gasteiger partial charge in [0, 0.05) is 13.5 Å². The Morgan fingerprint density at radius 1 is 1.53 bits per heavy atom. The number of aliphatic hydroxyl groups is 1. The van der Waals surface area contributed by atoms with E-state index in [1.807, 2.05) is 6.92 Å². The second-order valence-electron chi connectivity index (χ2n) is 4.43. The van der Waals surface area contributed by atoms with Gasteiger partial charge in [-0.05, 0) is 24.6 Å². The molecule has 19 heavy (non-hydrogen) atoms. The van der Waals surface area contributed by atoms with E-state index in [1.165, 1.54) is 0 Å². The Kier molecular flexibility index (Phi) is 3.89. The van der Waals surface area contributed by atoms with Gasteiger partial charge in [-0.3, -0.25) is 4.68 Å². The topological polar surface area (TPSA) is 61.8 Å². The molecule has 2 aromatic rings. The molecule has 1 aromatic heterocycles. The highest BCUT2D eigenvalue weighted by Gasteiger charge is 2.16. The van der Waals surface area contributed by atoms with Crippen molar-refractivity contribution in [3.8, 4) is 6.07 Å². The molecule has 1 N–H and O–H groups in total. The summed E-state index contributed by atoms with van der Waals surface area (Å²) in [6.45, 7) is 1.83. The van der Waals surface area contributed by atoms with Crippen LogP contribution in [0, 0.1) is 18.3 Å². The molecule has 0 amide bonds. The lowest BCUT2D eigenvalue weighted by Crippen LogP contribution is -2.07. The molecule has 2 rings (SSSR count). The second-order valence-corrected chi connectivity index (χ2v) is 4.80. The molecule has 0 bridgehead atoms. The van der Waals surface area contributed by atoms with Crippen molar-refractivity contribution < 1.29 is 5.11 Å². The molecule has 1 unspecified atom stereocenters. The van der Waals surface area contributed by atoms with Gasteiger partial charge in [0.25, 0.3) is 0 Å². The number of nitrogens with zero attached hydrogens (tertiary/aromatic N) is 3. The zero-order valence-corrected chi connectivity index (χ0v) is 11.5. The van der Waals surface area contributed by atoms with Crippen LogP contribution in [-0.4, -0.2) is 14.9 Å². The fraction of sp³-hybridized carbons (Fsp3) is 0.286. The molecule has 5 heteroatoms. The van der Waals surface area contributed by atoms with Gasteiger partial charge in [0.1, 0.15) is 0 Å². The highest BCUT2D eigenvalue weighted by molar-refractivity contribution is 6.31. The van der Waals surface area contributed by atoms with Crippen LogP contribution in [0.5, 0.6) is 0 Å². The number of hydrogen-bond donors (Lipinski definition) is 1. The third kappa shape index (κ3) is 2.78. The van der Waals surface area contributed by atoms with Crippen molar-refractivity contribution >= 4 is 11.6 Å². The van der Waals surface area contributed by atoms with Gasteiger partial charge >= 0.3 is 0 Å². The maximum atomic E-state index is 10.2. The van der Waals surface area contributed by atoms with E-state index in [4.69, 9.17) is 16.9 Å². The van der Waals surface area contributed by atoms with E-state index in [0.29, 0.717) is 22.6 Å². The minimum atomic E-state index is -0.708. The predicted octanol–water partition coefficient (Wildman–Crippen LogP) is 2.53. The number of halogens is 1. The van der Waals surface area contributed by atoms with E-state index in [2.05, 4.69) is 11.2 Å². The largest absolute Gasteiger partial charge is 0.388 e. The molecule has 0 aliphatic rings. The van der Waals surface area contributed by atoms with E-state index < -0.39 is 6.10 Å². The van der Waals surface area contributed by atoms with Crippen molar-refractivity contribution in [2.24, 2.45) is 7.05 Å². The summed E-state index contributed by atoms with van der Waals surface area (Å²) in [7, 11) is 1.80. The van der Waals surface area contributed by atoms with E-state index in [1.54, 1.807) is 36.0 Å². The molecule has 98 valence electrons. The second kappa shape index (κ2) is 5.43. The number of aromatic nitrogens is 2. The molecule has 0 fully saturated rings. The van der Waals surface area contributed by atoms with Gasteiger partial charge < -0.3 is 5.11 Å². The van der Waals surface area contributed by atoms with Gasteiger partial charge in [0.2, 0.25) is 0 Å². The Morgan fingerprint density at radius 2 is 2.26 bits per heavy atom. The Balaban J connectivity index is 2.25. The van der Waals surface area contributed by atoms with Crippen molar-refractivity contribution in [2.45, 2.75) is 19.4 Å². The van der Waals surface area contributed by atoms with E-state index in [0.717, 1.165) is 11.4 Å². The fourth-order valence-corrected chi connectivity index (χ4v) is 2.26. The Labute approximate surface area is 116 Å². The number of rotatable bonds is 3. The smallest absolute Gasteiger partial charge is 0.0991 e. The lowest BCUT2D eigenvalue weighted by atomic mass is 10.0. The summed E-state index contributed by atoms with van der Waals surface area (Å²) in [5.41, 5.74) is 2.77. The first-order valence-electron chi connectivity index (χ1n) is 5.89. The molecule has 1 atom stereocenters. The van der Waals surface area contributed by atoms with Crippen LogP contribution in [0.3, 0.4) is 0 Å². The minimum Gasteiger partial charge on any atom is -0.388 e. The first-order chi connectivity index (χ1) is 9.02. The van der Waals surface area contributed by atoms with Crippen LogP contribution >= 0.6 is 11.6 Å². The number of nitriles is 1. The zero-order valence-electron chi connectivity index (χ0n) is 10.8. The first kappa shape index (κ1) is 13.6. The quantitative estimate of drug-likeness (QED) is 0.936. The summed E-state index contributed by atoms with van der Waals surface area (Å²) < 4.78 is 1.68. The summed E-state index contributed by atoms with van der Waals surface area (Å²) in [5.74, 6) is 0. The number of benzene rings is 1. The molecular formula is C14H14ClN3O. The Bertz CT molecular complexity index is 643. The molecule has 0 spiro atoms. The summed E-state index contributed by atoms with van der Waals surface area (Å²) >= 11 is 6.16. The SMILES string of the molecule is Cc1nn(C)c(CC(O)c2cccc(C#N)c2)c1Cl. The third-order valence-corrected chi connectivity index (χ3v) is 3.54. The fourth-order valence-electron chi connectivity index (χ4n) is 2.02. The van der Waals surface area contributed by atoms with Gasteiger partial charge in [-0.15, -0.1) is 0 Å². The molecule has 0 aliphatic heterocycles. The predicted molar refractivity (Wildman–Crippen MR) is 72.8 cm³/mol. The molecule has 4 nitrogen and oxygen atoms in total. The van der Waals surface area contributed by atoms with Gasteiger partial charge in [-0.25, -0.2) is 0 Å². The van der Waals surface area contributed by atoms with Gasteiger partial charge in [-0.2, -0.15) is 10.4 Å². The Hall–Kier alpha value is -1.83. The monoisotopic (exact) mass is 275 g/mol. The molecule has 1 aromatic carbocycles.